The fourth-order valence-corrected chi connectivity index (χ4v) is 4.22. The molecule has 8 heteroatoms. The molecule has 1 fully saturated rings. The van der Waals surface area contributed by atoms with Crippen LogP contribution in [0.15, 0.2) is 45.1 Å². The lowest BCUT2D eigenvalue weighted by molar-refractivity contribution is 0.423. The molecule has 2 heterocycles. The molecule has 0 radical (unpaired) electrons. The van der Waals surface area contributed by atoms with E-state index in [0.717, 1.165) is 18.4 Å². The van der Waals surface area contributed by atoms with E-state index >= 15 is 0 Å². The summed E-state index contributed by atoms with van der Waals surface area (Å²) in [6.07, 6.45) is 2.16. The number of nitrogens with zero attached hydrogens (tertiary/aromatic N) is 2. The van der Waals surface area contributed by atoms with Gasteiger partial charge in [0, 0.05) is 5.92 Å². The molecule has 2 aromatic heterocycles. The SMILES string of the molecule is Cc1ccc(S(=O)(=O)Nc2ccsc2-c2nc(C3CC3)no2)cc1. The van der Waals surface area contributed by atoms with Crippen LogP contribution in [-0.2, 0) is 10.0 Å². The molecule has 3 aromatic rings. The van der Waals surface area contributed by atoms with E-state index in [2.05, 4.69) is 14.9 Å². The smallest absolute Gasteiger partial charge is 0.270 e. The topological polar surface area (TPSA) is 85.1 Å². The van der Waals surface area contributed by atoms with Gasteiger partial charge in [0.05, 0.1) is 10.6 Å². The Morgan fingerprint density at radius 2 is 1.96 bits per heavy atom. The van der Waals surface area contributed by atoms with Crippen LogP contribution in [0.1, 0.15) is 30.1 Å². The molecule has 1 aromatic carbocycles. The van der Waals surface area contributed by atoms with Gasteiger partial charge in [-0.15, -0.1) is 11.3 Å². The van der Waals surface area contributed by atoms with E-state index in [4.69, 9.17) is 4.52 Å². The first-order valence-electron chi connectivity index (χ1n) is 7.54. The average molecular weight is 361 g/mol. The molecular weight excluding hydrogens is 346 g/mol. The van der Waals surface area contributed by atoms with Crippen LogP contribution in [0.5, 0.6) is 0 Å². The van der Waals surface area contributed by atoms with Gasteiger partial charge in [0.25, 0.3) is 15.9 Å². The fraction of sp³-hybridized carbons (Fsp3) is 0.250. The zero-order chi connectivity index (χ0) is 16.7. The van der Waals surface area contributed by atoms with Crippen LogP contribution in [0.4, 0.5) is 5.69 Å². The second kappa shape index (κ2) is 5.71. The fourth-order valence-electron chi connectivity index (χ4n) is 2.31. The third-order valence-corrected chi connectivity index (χ3v) is 6.10. The summed E-state index contributed by atoms with van der Waals surface area (Å²) in [5.74, 6) is 1.44. The summed E-state index contributed by atoms with van der Waals surface area (Å²) >= 11 is 1.36. The maximum absolute atomic E-state index is 12.5. The van der Waals surface area contributed by atoms with Crippen LogP contribution in [0, 0.1) is 6.92 Å². The van der Waals surface area contributed by atoms with E-state index in [-0.39, 0.29) is 4.90 Å². The second-order valence-corrected chi connectivity index (χ2v) is 8.41. The standard InChI is InChI=1S/C16H15N3O3S2/c1-10-2-6-12(7-3-10)24(20,21)19-13-8-9-23-14(13)16-17-15(18-22-16)11-4-5-11/h2-3,6-9,11,19H,4-5H2,1H3. The first-order chi connectivity index (χ1) is 11.5. The molecule has 4 rings (SSSR count). The molecule has 0 aliphatic heterocycles. The molecule has 0 atom stereocenters. The number of hydrogen-bond donors (Lipinski definition) is 1. The number of hydrogen-bond acceptors (Lipinski definition) is 6. The Hall–Kier alpha value is -2.19. The van der Waals surface area contributed by atoms with Crippen LogP contribution in [0.2, 0.25) is 0 Å². The van der Waals surface area contributed by atoms with Gasteiger partial charge in [-0.1, -0.05) is 22.9 Å². The molecule has 1 aliphatic carbocycles. The second-order valence-electron chi connectivity index (χ2n) is 5.81. The summed E-state index contributed by atoms with van der Waals surface area (Å²) in [6, 6.07) is 8.40. The number of anilines is 1. The number of sulfonamides is 1. The Labute approximate surface area is 143 Å². The Morgan fingerprint density at radius 3 is 2.67 bits per heavy atom. The Kier molecular flexibility index (Phi) is 3.65. The molecule has 0 unspecified atom stereocenters. The molecule has 0 saturated heterocycles. The van der Waals surface area contributed by atoms with Crippen LogP contribution in [0.3, 0.4) is 0 Å². The summed E-state index contributed by atoms with van der Waals surface area (Å²) in [7, 11) is -3.66. The Balaban J connectivity index is 1.63. The van der Waals surface area contributed by atoms with Crippen LogP contribution in [0.25, 0.3) is 10.8 Å². The van der Waals surface area contributed by atoms with Crippen molar-refractivity contribution >= 4 is 27.0 Å². The largest absolute Gasteiger partial charge is 0.333 e. The van der Waals surface area contributed by atoms with Crippen molar-refractivity contribution in [2.24, 2.45) is 0 Å². The van der Waals surface area contributed by atoms with E-state index in [1.165, 1.54) is 11.3 Å². The minimum Gasteiger partial charge on any atom is -0.333 e. The van der Waals surface area contributed by atoms with Crippen molar-refractivity contribution in [2.75, 3.05) is 4.72 Å². The lowest BCUT2D eigenvalue weighted by Gasteiger charge is -2.07. The summed E-state index contributed by atoms with van der Waals surface area (Å²) in [4.78, 5) is 5.23. The molecule has 0 bridgehead atoms. The Morgan fingerprint density at radius 1 is 1.21 bits per heavy atom. The number of benzene rings is 1. The molecule has 0 amide bonds. The molecular formula is C16H15N3O3S2. The van der Waals surface area contributed by atoms with Gasteiger partial charge < -0.3 is 4.52 Å². The minimum absolute atomic E-state index is 0.217. The van der Waals surface area contributed by atoms with Gasteiger partial charge in [-0.3, -0.25) is 4.72 Å². The van der Waals surface area contributed by atoms with Gasteiger partial charge in [0.15, 0.2) is 5.82 Å². The summed E-state index contributed by atoms with van der Waals surface area (Å²) in [5.41, 5.74) is 1.45. The van der Waals surface area contributed by atoms with Gasteiger partial charge >= 0.3 is 0 Å². The van der Waals surface area contributed by atoms with Crippen molar-refractivity contribution in [1.82, 2.24) is 10.1 Å². The van der Waals surface area contributed by atoms with E-state index in [1.807, 2.05) is 6.92 Å². The van der Waals surface area contributed by atoms with E-state index < -0.39 is 10.0 Å². The number of rotatable bonds is 5. The lowest BCUT2D eigenvalue weighted by atomic mass is 10.2. The lowest BCUT2D eigenvalue weighted by Crippen LogP contribution is -2.12. The normalized spacial score (nSPS) is 14.7. The number of aromatic nitrogens is 2. The number of nitrogens with one attached hydrogen (secondary N) is 1. The van der Waals surface area contributed by atoms with Crippen LogP contribution < -0.4 is 4.72 Å². The molecule has 6 nitrogen and oxygen atoms in total. The van der Waals surface area contributed by atoms with Gasteiger partial charge in [-0.25, -0.2) is 8.42 Å². The molecule has 24 heavy (non-hydrogen) atoms. The van der Waals surface area contributed by atoms with E-state index in [1.54, 1.807) is 35.7 Å². The summed E-state index contributed by atoms with van der Waals surface area (Å²) in [5, 5.41) is 5.78. The molecule has 1 N–H and O–H groups in total. The predicted molar refractivity (Wildman–Crippen MR) is 91.6 cm³/mol. The highest BCUT2D eigenvalue weighted by atomic mass is 32.2. The monoisotopic (exact) mass is 361 g/mol. The van der Waals surface area contributed by atoms with Gasteiger partial charge in [0.1, 0.15) is 4.88 Å². The van der Waals surface area contributed by atoms with Crippen molar-refractivity contribution in [2.45, 2.75) is 30.6 Å². The van der Waals surface area contributed by atoms with Gasteiger partial charge in [-0.05, 0) is 43.3 Å². The Bertz CT molecular complexity index is 970. The third-order valence-electron chi connectivity index (χ3n) is 3.82. The summed E-state index contributed by atoms with van der Waals surface area (Å²) < 4.78 is 33.0. The predicted octanol–water partition coefficient (Wildman–Crippen LogP) is 3.78. The van der Waals surface area contributed by atoms with Crippen molar-refractivity contribution in [3.63, 3.8) is 0 Å². The van der Waals surface area contributed by atoms with Crippen molar-refractivity contribution < 1.29 is 12.9 Å². The highest BCUT2D eigenvalue weighted by molar-refractivity contribution is 7.92. The molecule has 1 aliphatic rings. The minimum atomic E-state index is -3.66. The maximum atomic E-state index is 12.5. The van der Waals surface area contributed by atoms with Crippen molar-refractivity contribution in [3.8, 4) is 10.8 Å². The van der Waals surface area contributed by atoms with Crippen molar-refractivity contribution in [3.05, 3.63) is 47.1 Å². The van der Waals surface area contributed by atoms with Gasteiger partial charge in [0.2, 0.25) is 0 Å². The van der Waals surface area contributed by atoms with Gasteiger partial charge in [-0.2, -0.15) is 4.98 Å². The number of thiophene rings is 1. The highest BCUT2D eigenvalue weighted by Gasteiger charge is 2.30. The van der Waals surface area contributed by atoms with Crippen molar-refractivity contribution in [1.29, 1.82) is 0 Å². The zero-order valence-corrected chi connectivity index (χ0v) is 14.5. The quantitative estimate of drug-likeness (QED) is 0.747. The number of aryl methyl sites for hydroxylation is 1. The molecule has 0 spiro atoms. The van der Waals surface area contributed by atoms with E-state index in [0.29, 0.717) is 28.2 Å². The highest BCUT2D eigenvalue weighted by Crippen LogP contribution is 2.40. The maximum Gasteiger partial charge on any atom is 0.270 e. The summed E-state index contributed by atoms with van der Waals surface area (Å²) in [6.45, 7) is 1.91. The first-order valence-corrected chi connectivity index (χ1v) is 9.90. The van der Waals surface area contributed by atoms with E-state index in [9.17, 15) is 8.42 Å². The third kappa shape index (κ3) is 2.94. The zero-order valence-electron chi connectivity index (χ0n) is 12.9. The molecule has 1 saturated carbocycles. The van der Waals surface area contributed by atoms with Crippen LogP contribution in [-0.4, -0.2) is 18.6 Å². The first kappa shape index (κ1) is 15.3. The molecule has 124 valence electrons. The van der Waals surface area contributed by atoms with Crippen LogP contribution >= 0.6 is 11.3 Å². The average Bonchev–Trinajstić information content (AvgIpc) is 3.11.